The molecule has 0 spiro atoms. The molecule has 0 rings (SSSR count). The molecule has 0 aliphatic rings. The van der Waals surface area contributed by atoms with Crippen molar-refractivity contribution in [3.05, 3.63) is 0 Å². The summed E-state index contributed by atoms with van der Waals surface area (Å²) in [5.74, 6) is 0.0440. The van der Waals surface area contributed by atoms with Gasteiger partial charge in [-0.15, -0.1) is 0 Å². The van der Waals surface area contributed by atoms with Gasteiger partial charge in [-0.2, -0.15) is 0 Å². The van der Waals surface area contributed by atoms with Gasteiger partial charge >= 0.3 is 0 Å². The Kier molecular flexibility index (Phi) is 3.84. The van der Waals surface area contributed by atoms with Gasteiger partial charge in [0, 0.05) is 0 Å². The molecule has 0 saturated heterocycles. The van der Waals surface area contributed by atoms with Crippen LogP contribution in [0.25, 0.3) is 0 Å². The molecule has 0 saturated carbocycles. The van der Waals surface area contributed by atoms with Crippen molar-refractivity contribution in [1.29, 1.82) is 5.41 Å². The number of aldehydes is 1. The fourth-order valence-corrected chi connectivity index (χ4v) is 0.309. The van der Waals surface area contributed by atoms with Crippen LogP contribution < -0.4 is 0 Å². The zero-order valence-electron chi connectivity index (χ0n) is 4.81. The molecular weight excluding hydrogens is 106 g/mol. The molecule has 0 aliphatic carbocycles. The van der Waals surface area contributed by atoms with Gasteiger partial charge in [-0.25, -0.2) is 0 Å². The van der Waals surface area contributed by atoms with Crippen LogP contribution in [0.2, 0.25) is 0 Å². The molecule has 3 heteroatoms. The van der Waals surface area contributed by atoms with Gasteiger partial charge < -0.3 is 9.53 Å². The number of hydrogen-bond donors (Lipinski definition) is 1. The Bertz CT molecular complexity index is 90.4. The van der Waals surface area contributed by atoms with Crippen molar-refractivity contribution in [1.82, 2.24) is 0 Å². The van der Waals surface area contributed by atoms with Crippen LogP contribution in [-0.4, -0.2) is 18.8 Å². The lowest BCUT2D eigenvalue weighted by Gasteiger charge is -1.97. The number of carbonyl (C=O) groups is 1. The van der Waals surface area contributed by atoms with Crippen LogP contribution in [0, 0.1) is 5.41 Å². The van der Waals surface area contributed by atoms with E-state index in [1.165, 1.54) is 0 Å². The lowest BCUT2D eigenvalue weighted by atomic mass is 10.5. The summed E-state index contributed by atoms with van der Waals surface area (Å²) in [6.45, 7) is 2.24. The van der Waals surface area contributed by atoms with Crippen molar-refractivity contribution in [2.24, 2.45) is 0 Å². The predicted molar refractivity (Wildman–Crippen MR) is 30.0 cm³/mol. The predicted octanol–water partition coefficient (Wildman–Crippen LogP) is 0.589. The summed E-state index contributed by atoms with van der Waals surface area (Å²) in [6, 6.07) is 0. The lowest BCUT2D eigenvalue weighted by molar-refractivity contribution is -0.107. The summed E-state index contributed by atoms with van der Waals surface area (Å²) in [5.41, 5.74) is 0. The zero-order chi connectivity index (χ0) is 6.41. The molecule has 0 radical (unpaired) electrons. The summed E-state index contributed by atoms with van der Waals surface area (Å²) in [5, 5.41) is 6.84. The van der Waals surface area contributed by atoms with Gasteiger partial charge in [0.1, 0.15) is 6.29 Å². The minimum atomic E-state index is 0.0440. The molecule has 0 fully saturated rings. The Morgan fingerprint density at radius 2 is 2.50 bits per heavy atom. The Morgan fingerprint density at radius 1 is 1.88 bits per heavy atom. The summed E-state index contributed by atoms with van der Waals surface area (Å²) < 4.78 is 4.63. The maximum Gasteiger partial charge on any atom is 0.187 e. The molecular formula is C5H9NO2. The summed E-state index contributed by atoms with van der Waals surface area (Å²) in [7, 11) is 0. The minimum Gasteiger partial charge on any atom is -0.481 e. The molecule has 0 bridgehead atoms. The van der Waals surface area contributed by atoms with Crippen molar-refractivity contribution in [2.45, 2.75) is 13.3 Å². The van der Waals surface area contributed by atoms with Crippen molar-refractivity contribution < 1.29 is 9.53 Å². The number of nitrogens with one attached hydrogen (secondary N) is 1. The van der Waals surface area contributed by atoms with Crippen molar-refractivity contribution in [2.75, 3.05) is 6.61 Å². The first-order valence-electron chi connectivity index (χ1n) is 2.45. The van der Waals surface area contributed by atoms with Crippen molar-refractivity contribution in [3.63, 3.8) is 0 Å². The molecule has 8 heavy (non-hydrogen) atoms. The van der Waals surface area contributed by atoms with E-state index >= 15 is 0 Å². The van der Waals surface area contributed by atoms with Crippen molar-refractivity contribution in [3.8, 4) is 0 Å². The highest BCUT2D eigenvalue weighted by molar-refractivity contribution is 5.85. The molecule has 0 unspecified atom stereocenters. The summed E-state index contributed by atoms with van der Waals surface area (Å²) >= 11 is 0. The van der Waals surface area contributed by atoms with E-state index in [2.05, 4.69) is 4.74 Å². The van der Waals surface area contributed by atoms with Gasteiger partial charge in [-0.05, 0) is 6.92 Å². The summed E-state index contributed by atoms with van der Waals surface area (Å²) in [4.78, 5) is 9.67. The lowest BCUT2D eigenvalue weighted by Crippen LogP contribution is -2.02. The average molecular weight is 115 g/mol. The molecule has 1 N–H and O–H groups in total. The third-order valence-corrected chi connectivity index (χ3v) is 0.587. The first-order valence-corrected chi connectivity index (χ1v) is 2.45. The number of rotatable bonds is 3. The monoisotopic (exact) mass is 115 g/mol. The quantitative estimate of drug-likeness (QED) is 0.332. The molecule has 0 aliphatic heterocycles. The van der Waals surface area contributed by atoms with Gasteiger partial charge in [-0.3, -0.25) is 5.41 Å². The van der Waals surface area contributed by atoms with E-state index in [-0.39, 0.29) is 12.3 Å². The molecule has 0 amide bonds. The van der Waals surface area contributed by atoms with Gasteiger partial charge in [0.25, 0.3) is 0 Å². The standard InChI is InChI=1S/C5H9NO2/c1-2-8-5(6)3-4-7/h4,6H,2-3H2,1H3. The third-order valence-electron chi connectivity index (χ3n) is 0.587. The van der Waals surface area contributed by atoms with Crippen LogP contribution in [0.3, 0.4) is 0 Å². The minimum absolute atomic E-state index is 0.0440. The Morgan fingerprint density at radius 3 is 2.88 bits per heavy atom. The highest BCUT2D eigenvalue weighted by atomic mass is 16.5. The first kappa shape index (κ1) is 7.14. The van der Waals surface area contributed by atoms with E-state index in [0.717, 1.165) is 0 Å². The SMILES string of the molecule is CCOC(=N)CC=O. The van der Waals surface area contributed by atoms with Gasteiger partial charge in [0.15, 0.2) is 5.90 Å². The van der Waals surface area contributed by atoms with Crippen LogP contribution in [0.1, 0.15) is 13.3 Å². The van der Waals surface area contributed by atoms with Gasteiger partial charge in [0.05, 0.1) is 13.0 Å². The maximum atomic E-state index is 9.67. The Balaban J connectivity index is 3.18. The molecule has 0 atom stereocenters. The van der Waals surface area contributed by atoms with Crippen LogP contribution in [-0.2, 0) is 9.53 Å². The highest BCUT2D eigenvalue weighted by Crippen LogP contribution is 1.80. The van der Waals surface area contributed by atoms with Crippen LogP contribution in [0.15, 0.2) is 0 Å². The highest BCUT2D eigenvalue weighted by Gasteiger charge is 1.90. The zero-order valence-corrected chi connectivity index (χ0v) is 4.81. The van der Waals surface area contributed by atoms with Crippen LogP contribution in [0.4, 0.5) is 0 Å². The first-order chi connectivity index (χ1) is 3.81. The van der Waals surface area contributed by atoms with E-state index in [9.17, 15) is 4.79 Å². The van der Waals surface area contributed by atoms with Crippen molar-refractivity contribution >= 4 is 12.2 Å². The van der Waals surface area contributed by atoms with E-state index in [4.69, 9.17) is 5.41 Å². The van der Waals surface area contributed by atoms with E-state index < -0.39 is 0 Å². The Hall–Kier alpha value is -0.860. The molecule has 0 heterocycles. The Labute approximate surface area is 48.2 Å². The molecule has 0 aromatic heterocycles. The maximum absolute atomic E-state index is 9.67. The second-order valence-electron chi connectivity index (χ2n) is 1.23. The summed E-state index contributed by atoms with van der Waals surface area (Å²) in [6.07, 6.45) is 0.742. The molecule has 46 valence electrons. The average Bonchev–Trinajstić information content (AvgIpc) is 1.68. The largest absolute Gasteiger partial charge is 0.481 e. The van der Waals surface area contributed by atoms with E-state index in [1.54, 1.807) is 6.92 Å². The fourth-order valence-electron chi connectivity index (χ4n) is 0.309. The topological polar surface area (TPSA) is 50.1 Å². The molecule has 0 aromatic rings. The third kappa shape index (κ3) is 3.33. The van der Waals surface area contributed by atoms with Crippen LogP contribution >= 0.6 is 0 Å². The number of hydrogen-bond acceptors (Lipinski definition) is 3. The molecule has 3 nitrogen and oxygen atoms in total. The fraction of sp³-hybridized carbons (Fsp3) is 0.600. The second-order valence-corrected chi connectivity index (χ2v) is 1.23. The normalized spacial score (nSPS) is 8.12. The number of carbonyl (C=O) groups excluding carboxylic acids is 1. The van der Waals surface area contributed by atoms with Gasteiger partial charge in [-0.1, -0.05) is 0 Å². The number of ether oxygens (including phenoxy) is 1. The van der Waals surface area contributed by atoms with Gasteiger partial charge in [0.2, 0.25) is 0 Å². The molecule has 0 aromatic carbocycles. The van der Waals surface area contributed by atoms with E-state index in [1.807, 2.05) is 0 Å². The smallest absolute Gasteiger partial charge is 0.187 e. The van der Waals surface area contributed by atoms with E-state index in [0.29, 0.717) is 12.9 Å². The second kappa shape index (κ2) is 4.30. The van der Waals surface area contributed by atoms with Crippen LogP contribution in [0.5, 0.6) is 0 Å².